The largest absolute Gasteiger partial charge is 0.340 e. The molecule has 2 N–H and O–H groups in total. The standard InChI is InChI=1S/C17H19N3O/c1-2-12-3-7-14(8-4-12)19-16-10-9-15(11-18-16)20-17(21)13-5-6-13/h3-4,7-11,13H,2,5-6H2,1H3,(H,18,19)(H,20,21). The molecule has 0 unspecified atom stereocenters. The number of carbonyl (C=O) groups excluding carboxylic acids is 1. The molecule has 0 saturated heterocycles. The Labute approximate surface area is 124 Å². The summed E-state index contributed by atoms with van der Waals surface area (Å²) in [6.07, 6.45) is 4.73. The van der Waals surface area contributed by atoms with Gasteiger partial charge in [0.25, 0.3) is 0 Å². The third kappa shape index (κ3) is 3.60. The minimum atomic E-state index is 0.104. The van der Waals surface area contributed by atoms with Gasteiger partial charge < -0.3 is 10.6 Å². The Morgan fingerprint density at radius 3 is 2.43 bits per heavy atom. The molecule has 1 amide bonds. The summed E-state index contributed by atoms with van der Waals surface area (Å²) < 4.78 is 0. The fourth-order valence-corrected chi connectivity index (χ4v) is 2.10. The smallest absolute Gasteiger partial charge is 0.227 e. The van der Waals surface area contributed by atoms with Gasteiger partial charge in [-0.2, -0.15) is 0 Å². The number of hydrogen-bond donors (Lipinski definition) is 2. The summed E-state index contributed by atoms with van der Waals surface area (Å²) in [4.78, 5) is 16.0. The Morgan fingerprint density at radius 2 is 1.86 bits per heavy atom. The molecule has 1 aliphatic carbocycles. The maximum absolute atomic E-state index is 11.7. The maximum atomic E-state index is 11.7. The van der Waals surface area contributed by atoms with E-state index >= 15 is 0 Å². The van der Waals surface area contributed by atoms with Crippen molar-refractivity contribution in [2.45, 2.75) is 26.2 Å². The number of pyridine rings is 1. The third-order valence-electron chi connectivity index (χ3n) is 3.61. The van der Waals surface area contributed by atoms with Crippen LogP contribution < -0.4 is 10.6 Å². The van der Waals surface area contributed by atoms with Crippen LogP contribution >= 0.6 is 0 Å². The van der Waals surface area contributed by atoms with Gasteiger partial charge in [0, 0.05) is 11.6 Å². The number of benzene rings is 1. The minimum absolute atomic E-state index is 0.104. The average Bonchev–Trinajstić information content (AvgIpc) is 3.35. The Morgan fingerprint density at radius 1 is 1.14 bits per heavy atom. The van der Waals surface area contributed by atoms with Crippen LogP contribution in [-0.2, 0) is 11.2 Å². The number of carbonyl (C=O) groups is 1. The zero-order valence-corrected chi connectivity index (χ0v) is 12.1. The van der Waals surface area contributed by atoms with Gasteiger partial charge in [-0.15, -0.1) is 0 Å². The molecule has 4 heteroatoms. The second-order valence-corrected chi connectivity index (χ2v) is 5.37. The molecule has 0 aliphatic heterocycles. The Balaban J connectivity index is 1.61. The normalized spacial score (nSPS) is 13.8. The van der Waals surface area contributed by atoms with E-state index in [2.05, 4.69) is 34.7 Å². The lowest BCUT2D eigenvalue weighted by molar-refractivity contribution is -0.117. The van der Waals surface area contributed by atoms with Crippen molar-refractivity contribution in [1.82, 2.24) is 4.98 Å². The summed E-state index contributed by atoms with van der Waals surface area (Å²) >= 11 is 0. The van der Waals surface area contributed by atoms with Crippen LogP contribution in [0.3, 0.4) is 0 Å². The molecule has 4 nitrogen and oxygen atoms in total. The van der Waals surface area contributed by atoms with E-state index in [1.54, 1.807) is 6.20 Å². The highest BCUT2D eigenvalue weighted by Gasteiger charge is 2.29. The number of nitrogens with zero attached hydrogens (tertiary/aromatic N) is 1. The molecule has 108 valence electrons. The second-order valence-electron chi connectivity index (χ2n) is 5.37. The number of aryl methyl sites for hydroxylation is 1. The van der Waals surface area contributed by atoms with Crippen molar-refractivity contribution in [2.24, 2.45) is 5.92 Å². The molecule has 0 radical (unpaired) electrons. The van der Waals surface area contributed by atoms with Crippen LogP contribution in [0.5, 0.6) is 0 Å². The molecule has 0 bridgehead atoms. The highest BCUT2D eigenvalue weighted by molar-refractivity contribution is 5.93. The van der Waals surface area contributed by atoms with E-state index in [1.807, 2.05) is 24.3 Å². The van der Waals surface area contributed by atoms with Crippen LogP contribution in [-0.4, -0.2) is 10.9 Å². The predicted octanol–water partition coefficient (Wildman–Crippen LogP) is 3.74. The van der Waals surface area contributed by atoms with Gasteiger partial charge in [0.2, 0.25) is 5.91 Å². The van der Waals surface area contributed by atoms with Crippen molar-refractivity contribution < 1.29 is 4.79 Å². The lowest BCUT2D eigenvalue weighted by atomic mass is 10.1. The van der Waals surface area contributed by atoms with Gasteiger partial charge in [0.05, 0.1) is 11.9 Å². The fourth-order valence-electron chi connectivity index (χ4n) is 2.10. The summed E-state index contributed by atoms with van der Waals surface area (Å²) in [5.41, 5.74) is 3.07. The van der Waals surface area contributed by atoms with Crippen LogP contribution in [0, 0.1) is 5.92 Å². The summed E-state index contributed by atoms with van der Waals surface area (Å²) in [6, 6.07) is 12.0. The first-order chi connectivity index (χ1) is 10.2. The summed E-state index contributed by atoms with van der Waals surface area (Å²) in [6.45, 7) is 2.14. The fraction of sp³-hybridized carbons (Fsp3) is 0.294. The Bertz CT molecular complexity index is 615. The van der Waals surface area contributed by atoms with Crippen molar-refractivity contribution in [3.63, 3.8) is 0 Å². The van der Waals surface area contributed by atoms with Crippen molar-refractivity contribution in [1.29, 1.82) is 0 Å². The molecule has 1 aromatic heterocycles. The van der Waals surface area contributed by atoms with Crippen LogP contribution in [0.15, 0.2) is 42.6 Å². The monoisotopic (exact) mass is 281 g/mol. The molecule has 0 spiro atoms. The second kappa shape index (κ2) is 5.95. The third-order valence-corrected chi connectivity index (χ3v) is 3.61. The lowest BCUT2D eigenvalue weighted by Crippen LogP contribution is -2.13. The molecule has 0 atom stereocenters. The van der Waals surface area contributed by atoms with Gasteiger partial charge in [0.1, 0.15) is 5.82 Å². The number of nitrogens with one attached hydrogen (secondary N) is 2. The van der Waals surface area contributed by atoms with Gasteiger partial charge in [-0.1, -0.05) is 19.1 Å². The van der Waals surface area contributed by atoms with E-state index in [-0.39, 0.29) is 11.8 Å². The van der Waals surface area contributed by atoms with Gasteiger partial charge >= 0.3 is 0 Å². The average molecular weight is 281 g/mol. The van der Waals surface area contributed by atoms with Gasteiger partial charge in [-0.25, -0.2) is 4.98 Å². The van der Waals surface area contributed by atoms with Gasteiger partial charge in [-0.05, 0) is 49.1 Å². The molecule has 1 fully saturated rings. The zero-order valence-electron chi connectivity index (χ0n) is 12.1. The molecular weight excluding hydrogens is 262 g/mol. The van der Waals surface area contributed by atoms with Crippen molar-refractivity contribution in [3.05, 3.63) is 48.2 Å². The van der Waals surface area contributed by atoms with E-state index in [1.165, 1.54) is 5.56 Å². The SMILES string of the molecule is CCc1ccc(Nc2ccc(NC(=O)C3CC3)cn2)cc1. The number of amides is 1. The molecule has 1 heterocycles. The summed E-state index contributed by atoms with van der Waals surface area (Å²) in [5, 5.41) is 6.13. The highest BCUT2D eigenvalue weighted by atomic mass is 16.2. The minimum Gasteiger partial charge on any atom is -0.340 e. The van der Waals surface area contributed by atoms with Crippen molar-refractivity contribution >= 4 is 23.1 Å². The molecule has 3 rings (SSSR count). The Hall–Kier alpha value is -2.36. The molecular formula is C17H19N3O. The molecule has 1 aliphatic rings. The first-order valence-corrected chi connectivity index (χ1v) is 7.37. The van der Waals surface area contributed by atoms with E-state index in [9.17, 15) is 4.79 Å². The number of anilines is 3. The summed E-state index contributed by atoms with van der Waals surface area (Å²) in [7, 11) is 0. The predicted molar refractivity (Wildman–Crippen MR) is 84.7 cm³/mol. The molecule has 1 aromatic carbocycles. The zero-order chi connectivity index (χ0) is 14.7. The van der Waals surface area contributed by atoms with Gasteiger partial charge in [-0.3, -0.25) is 4.79 Å². The quantitative estimate of drug-likeness (QED) is 0.878. The van der Waals surface area contributed by atoms with E-state index in [4.69, 9.17) is 0 Å². The van der Waals surface area contributed by atoms with E-state index in [0.717, 1.165) is 36.5 Å². The highest BCUT2D eigenvalue weighted by Crippen LogP contribution is 2.30. The van der Waals surface area contributed by atoms with Crippen LogP contribution in [0.1, 0.15) is 25.3 Å². The first kappa shape index (κ1) is 13.6. The van der Waals surface area contributed by atoms with Crippen molar-refractivity contribution in [2.75, 3.05) is 10.6 Å². The Kier molecular flexibility index (Phi) is 3.86. The van der Waals surface area contributed by atoms with Gasteiger partial charge in [0.15, 0.2) is 0 Å². The molecule has 2 aromatic rings. The first-order valence-electron chi connectivity index (χ1n) is 7.37. The number of hydrogen-bond acceptors (Lipinski definition) is 3. The molecule has 1 saturated carbocycles. The van der Waals surface area contributed by atoms with Crippen LogP contribution in [0.4, 0.5) is 17.2 Å². The number of rotatable bonds is 5. The molecule has 21 heavy (non-hydrogen) atoms. The maximum Gasteiger partial charge on any atom is 0.227 e. The van der Waals surface area contributed by atoms with Crippen LogP contribution in [0.2, 0.25) is 0 Å². The van der Waals surface area contributed by atoms with E-state index in [0.29, 0.717) is 0 Å². The van der Waals surface area contributed by atoms with Crippen molar-refractivity contribution in [3.8, 4) is 0 Å². The topological polar surface area (TPSA) is 54.0 Å². The lowest BCUT2D eigenvalue weighted by Gasteiger charge is -2.08. The van der Waals surface area contributed by atoms with Crippen LogP contribution in [0.25, 0.3) is 0 Å². The number of aromatic nitrogens is 1. The summed E-state index contributed by atoms with van der Waals surface area (Å²) in [5.74, 6) is 1.08. The van der Waals surface area contributed by atoms with E-state index < -0.39 is 0 Å².